The quantitative estimate of drug-likeness (QED) is 0.300. The minimum absolute atomic E-state index is 0.0244. The maximum Gasteiger partial charge on any atom is 0.0719 e. The first-order valence-corrected chi connectivity index (χ1v) is 12.9. The third-order valence-electron chi connectivity index (χ3n) is 9.18. The first kappa shape index (κ1) is 24.3. The van der Waals surface area contributed by atoms with Crippen LogP contribution in [0.15, 0.2) is 52.6 Å². The molecule has 0 N–H and O–H groups in total. The highest BCUT2D eigenvalue weighted by Crippen LogP contribution is 2.63. The lowest BCUT2D eigenvalue weighted by Crippen LogP contribution is -2.49. The maximum atomic E-state index is 4.93. The molecule has 6 atom stereocenters. The number of fused-ring (bicyclic) bond motifs is 1. The normalized spacial score (nSPS) is 38.7. The molecular weight excluding hydrogens is 374 g/mol. The summed E-state index contributed by atoms with van der Waals surface area (Å²) in [5.74, 6) is 3.04. The van der Waals surface area contributed by atoms with Crippen molar-refractivity contribution < 1.29 is 0 Å². The molecule has 3 aliphatic rings. The van der Waals surface area contributed by atoms with Gasteiger partial charge in [0, 0.05) is 0 Å². The molecule has 0 bridgehead atoms. The van der Waals surface area contributed by atoms with E-state index in [9.17, 15) is 0 Å². The minimum Gasteiger partial charge on any atom is -0.293 e. The number of allylic oxidation sites excluding steroid dienone is 6. The molecule has 31 heavy (non-hydrogen) atoms. The molecule has 3 rings (SSSR count). The Morgan fingerprint density at radius 1 is 1.10 bits per heavy atom. The SMILES string of the molecule is C=NC1(C(C)C=CCC(C)C)CCC2C(=CC=C3CC(C)C(=C)C(C)C3)CCCC21C. The van der Waals surface area contributed by atoms with Crippen LogP contribution in [0.25, 0.3) is 0 Å². The maximum absolute atomic E-state index is 4.93. The van der Waals surface area contributed by atoms with Gasteiger partial charge in [-0.1, -0.05) is 89.1 Å². The van der Waals surface area contributed by atoms with Crippen LogP contribution in [0.2, 0.25) is 0 Å². The van der Waals surface area contributed by atoms with Gasteiger partial charge >= 0.3 is 0 Å². The van der Waals surface area contributed by atoms with E-state index < -0.39 is 0 Å². The van der Waals surface area contributed by atoms with E-state index in [1.54, 1.807) is 11.1 Å². The van der Waals surface area contributed by atoms with Gasteiger partial charge in [-0.25, -0.2) is 0 Å². The molecule has 1 heteroatoms. The summed E-state index contributed by atoms with van der Waals surface area (Å²) >= 11 is 0. The topological polar surface area (TPSA) is 12.4 Å². The highest BCUT2D eigenvalue weighted by atomic mass is 14.9. The Hall–Kier alpha value is -1.37. The van der Waals surface area contributed by atoms with E-state index in [4.69, 9.17) is 4.99 Å². The fourth-order valence-electron chi connectivity index (χ4n) is 7.13. The monoisotopic (exact) mass is 421 g/mol. The van der Waals surface area contributed by atoms with Gasteiger partial charge in [0.25, 0.3) is 0 Å². The molecule has 1 nitrogen and oxygen atoms in total. The second-order valence-electron chi connectivity index (χ2n) is 11.6. The van der Waals surface area contributed by atoms with E-state index >= 15 is 0 Å². The largest absolute Gasteiger partial charge is 0.293 e. The van der Waals surface area contributed by atoms with Crippen molar-refractivity contribution in [1.29, 1.82) is 0 Å². The van der Waals surface area contributed by atoms with Crippen molar-refractivity contribution in [3.63, 3.8) is 0 Å². The molecule has 6 unspecified atom stereocenters. The summed E-state index contributed by atoms with van der Waals surface area (Å²) in [7, 11) is 0. The molecule has 0 radical (unpaired) electrons. The van der Waals surface area contributed by atoms with Gasteiger partial charge in [0.1, 0.15) is 0 Å². The van der Waals surface area contributed by atoms with Gasteiger partial charge in [0.15, 0.2) is 0 Å². The van der Waals surface area contributed by atoms with Gasteiger partial charge in [-0.05, 0) is 93.1 Å². The van der Waals surface area contributed by atoms with Gasteiger partial charge in [0.05, 0.1) is 5.54 Å². The number of nitrogens with zero attached hydrogens (tertiary/aromatic N) is 1. The van der Waals surface area contributed by atoms with Crippen molar-refractivity contribution >= 4 is 6.72 Å². The van der Waals surface area contributed by atoms with Gasteiger partial charge in [-0.2, -0.15) is 0 Å². The van der Waals surface area contributed by atoms with E-state index in [2.05, 4.69) is 79.1 Å². The fraction of sp³-hybridized carbons (Fsp3) is 0.700. The third kappa shape index (κ3) is 4.57. The molecule has 0 amide bonds. The smallest absolute Gasteiger partial charge is 0.0719 e. The molecule has 0 saturated heterocycles. The van der Waals surface area contributed by atoms with Gasteiger partial charge < -0.3 is 0 Å². The zero-order valence-electron chi connectivity index (χ0n) is 21.2. The van der Waals surface area contributed by atoms with Crippen LogP contribution in [0.5, 0.6) is 0 Å². The van der Waals surface area contributed by atoms with Crippen LogP contribution in [0.1, 0.15) is 92.9 Å². The Labute approximate surface area is 192 Å². The summed E-state index contributed by atoms with van der Waals surface area (Å²) in [6, 6.07) is 0. The van der Waals surface area contributed by atoms with Gasteiger partial charge in [-0.3, -0.25) is 4.99 Å². The van der Waals surface area contributed by atoms with Crippen molar-refractivity contribution in [3.05, 3.63) is 47.6 Å². The standard InChI is InChI=1S/C30H47N/c1-21(2)11-9-12-24(5)30(31-8)18-16-28-27(13-10-17-29(28,30)7)15-14-26-19-22(3)25(6)23(4)20-26/h9,12,14-15,21-24,28H,6,8,10-11,13,16-20H2,1-5,7H3. The first-order valence-electron chi connectivity index (χ1n) is 12.9. The first-order chi connectivity index (χ1) is 14.6. The Bertz CT molecular complexity index is 749. The average Bonchev–Trinajstić information content (AvgIpc) is 3.03. The molecule has 0 aromatic carbocycles. The highest BCUT2D eigenvalue weighted by Gasteiger charge is 2.60. The predicted octanol–water partition coefficient (Wildman–Crippen LogP) is 8.74. The van der Waals surface area contributed by atoms with E-state index in [-0.39, 0.29) is 11.0 Å². The molecular formula is C30H47N. The summed E-state index contributed by atoms with van der Waals surface area (Å²) in [4.78, 5) is 4.93. The van der Waals surface area contributed by atoms with Crippen molar-refractivity contribution in [1.82, 2.24) is 0 Å². The Kier molecular flexibility index (Phi) is 7.54. The average molecular weight is 422 g/mol. The third-order valence-corrected chi connectivity index (χ3v) is 9.18. The molecule has 0 aromatic heterocycles. The summed E-state index contributed by atoms with van der Waals surface area (Å²) in [5, 5.41) is 0. The molecule has 0 aromatic rings. The van der Waals surface area contributed by atoms with Crippen LogP contribution in [-0.4, -0.2) is 12.3 Å². The minimum atomic E-state index is -0.0244. The molecule has 3 saturated carbocycles. The number of hydrogen-bond acceptors (Lipinski definition) is 1. The van der Waals surface area contributed by atoms with E-state index in [1.165, 1.54) is 50.5 Å². The van der Waals surface area contributed by atoms with E-state index in [1.807, 2.05) is 0 Å². The number of hydrogen-bond donors (Lipinski definition) is 0. The zero-order valence-corrected chi connectivity index (χ0v) is 21.2. The van der Waals surface area contributed by atoms with Crippen LogP contribution in [-0.2, 0) is 0 Å². The molecule has 3 fully saturated rings. The Morgan fingerprint density at radius 3 is 2.39 bits per heavy atom. The zero-order chi connectivity index (χ0) is 22.8. The second kappa shape index (κ2) is 9.63. The summed E-state index contributed by atoms with van der Waals surface area (Å²) in [6.45, 7) is 22.7. The summed E-state index contributed by atoms with van der Waals surface area (Å²) < 4.78 is 0. The van der Waals surface area contributed by atoms with Crippen LogP contribution >= 0.6 is 0 Å². The summed E-state index contributed by atoms with van der Waals surface area (Å²) in [6.07, 6.45) is 19.6. The number of rotatable bonds is 6. The van der Waals surface area contributed by atoms with Crippen molar-refractivity contribution in [2.45, 2.75) is 98.4 Å². The Morgan fingerprint density at radius 2 is 1.77 bits per heavy atom. The second-order valence-corrected chi connectivity index (χ2v) is 11.6. The van der Waals surface area contributed by atoms with Crippen molar-refractivity contribution in [2.24, 2.45) is 40.0 Å². The molecule has 0 heterocycles. The Balaban J connectivity index is 1.84. The lowest BCUT2D eigenvalue weighted by molar-refractivity contribution is 0.0833. The van der Waals surface area contributed by atoms with E-state index in [0.717, 1.165) is 6.42 Å². The van der Waals surface area contributed by atoms with Crippen LogP contribution < -0.4 is 0 Å². The van der Waals surface area contributed by atoms with Crippen LogP contribution in [0, 0.1) is 35.0 Å². The van der Waals surface area contributed by atoms with Gasteiger partial charge in [0.2, 0.25) is 0 Å². The molecule has 3 aliphatic carbocycles. The lowest BCUT2D eigenvalue weighted by Gasteiger charge is -2.50. The van der Waals surface area contributed by atoms with E-state index in [0.29, 0.717) is 29.6 Å². The molecule has 0 aliphatic heterocycles. The van der Waals surface area contributed by atoms with Crippen LogP contribution in [0.4, 0.5) is 0 Å². The van der Waals surface area contributed by atoms with Gasteiger partial charge in [-0.15, -0.1) is 0 Å². The molecule has 0 spiro atoms. The van der Waals surface area contributed by atoms with Crippen molar-refractivity contribution in [2.75, 3.05) is 0 Å². The van der Waals surface area contributed by atoms with Crippen LogP contribution in [0.3, 0.4) is 0 Å². The molecule has 172 valence electrons. The fourth-order valence-corrected chi connectivity index (χ4v) is 7.13. The lowest BCUT2D eigenvalue weighted by atomic mass is 9.57. The number of aliphatic imine (C=N–C) groups is 1. The predicted molar refractivity (Wildman–Crippen MR) is 138 cm³/mol. The highest BCUT2D eigenvalue weighted by molar-refractivity contribution is 5.35. The summed E-state index contributed by atoms with van der Waals surface area (Å²) in [5.41, 5.74) is 4.93. The van der Waals surface area contributed by atoms with Crippen molar-refractivity contribution in [3.8, 4) is 0 Å².